The van der Waals surface area contributed by atoms with Gasteiger partial charge in [0.1, 0.15) is 29.2 Å². The molecule has 8 heteroatoms. The van der Waals surface area contributed by atoms with Crippen molar-refractivity contribution < 1.29 is 5.11 Å². The van der Waals surface area contributed by atoms with E-state index in [0.717, 1.165) is 11.5 Å². The number of aliphatic hydroxyl groups is 1. The number of hydrogen-bond acceptors (Lipinski definition) is 7. The SMILES string of the molecule is Cc1nc(-n2nc(C)nc2C)cc(C2(O)CC(C3Nc4ccccc4N3C)C2)n1. The molecule has 1 atom stereocenters. The summed E-state index contributed by atoms with van der Waals surface area (Å²) in [4.78, 5) is 15.7. The lowest BCUT2D eigenvalue weighted by Crippen LogP contribution is -2.52. The van der Waals surface area contributed by atoms with E-state index in [0.29, 0.717) is 41.9 Å². The minimum absolute atomic E-state index is 0.176. The van der Waals surface area contributed by atoms with E-state index in [2.05, 4.69) is 55.5 Å². The van der Waals surface area contributed by atoms with Crippen LogP contribution in [-0.2, 0) is 5.60 Å². The maximum absolute atomic E-state index is 11.3. The Morgan fingerprint density at radius 3 is 2.52 bits per heavy atom. The van der Waals surface area contributed by atoms with Crippen LogP contribution < -0.4 is 10.2 Å². The number of para-hydroxylation sites is 2. The average Bonchev–Trinajstić information content (AvgIpc) is 3.17. The van der Waals surface area contributed by atoms with Gasteiger partial charge in [-0.2, -0.15) is 4.68 Å². The maximum atomic E-state index is 11.3. The van der Waals surface area contributed by atoms with Gasteiger partial charge in [0.05, 0.1) is 17.1 Å². The summed E-state index contributed by atoms with van der Waals surface area (Å²) in [5.41, 5.74) is 2.05. The molecule has 1 aliphatic heterocycles. The van der Waals surface area contributed by atoms with Gasteiger partial charge in [-0.05, 0) is 45.7 Å². The number of nitrogens with zero attached hydrogens (tertiary/aromatic N) is 6. The summed E-state index contributed by atoms with van der Waals surface area (Å²) < 4.78 is 1.70. The molecular formula is C21H25N7O. The smallest absolute Gasteiger partial charge is 0.159 e. The molecule has 1 saturated carbocycles. The summed E-state index contributed by atoms with van der Waals surface area (Å²) in [7, 11) is 2.10. The highest BCUT2D eigenvalue weighted by Crippen LogP contribution is 2.50. The third kappa shape index (κ3) is 2.86. The van der Waals surface area contributed by atoms with Crippen molar-refractivity contribution in [3.63, 3.8) is 0 Å². The van der Waals surface area contributed by atoms with Gasteiger partial charge in [0.15, 0.2) is 5.82 Å². The summed E-state index contributed by atoms with van der Waals surface area (Å²) in [6.45, 7) is 5.59. The van der Waals surface area contributed by atoms with Gasteiger partial charge in [0.2, 0.25) is 0 Å². The first-order valence-corrected chi connectivity index (χ1v) is 9.92. The van der Waals surface area contributed by atoms with Crippen molar-refractivity contribution in [2.45, 2.75) is 45.4 Å². The molecule has 3 heterocycles. The normalized spacial score (nSPS) is 25.5. The molecule has 5 rings (SSSR count). The number of anilines is 2. The van der Waals surface area contributed by atoms with E-state index in [-0.39, 0.29) is 6.17 Å². The van der Waals surface area contributed by atoms with Crippen LogP contribution in [0.25, 0.3) is 5.82 Å². The zero-order chi connectivity index (χ0) is 20.3. The Bertz CT molecular complexity index is 1090. The number of rotatable bonds is 3. The van der Waals surface area contributed by atoms with E-state index in [1.807, 2.05) is 32.9 Å². The fraction of sp³-hybridized carbons (Fsp3) is 0.429. The van der Waals surface area contributed by atoms with Crippen LogP contribution in [0.1, 0.15) is 36.0 Å². The molecular weight excluding hydrogens is 366 g/mol. The Kier molecular flexibility index (Phi) is 3.89. The lowest BCUT2D eigenvalue weighted by atomic mass is 9.67. The second-order valence-electron chi connectivity index (χ2n) is 8.19. The molecule has 2 aromatic heterocycles. The molecule has 1 unspecified atom stereocenters. The van der Waals surface area contributed by atoms with Crippen LogP contribution in [0.15, 0.2) is 30.3 Å². The van der Waals surface area contributed by atoms with Gasteiger partial charge in [-0.3, -0.25) is 0 Å². The summed E-state index contributed by atoms with van der Waals surface area (Å²) >= 11 is 0. The highest BCUT2D eigenvalue weighted by Gasteiger charge is 2.50. The predicted molar refractivity (Wildman–Crippen MR) is 110 cm³/mol. The number of hydrogen-bond donors (Lipinski definition) is 2. The predicted octanol–water partition coefficient (Wildman–Crippen LogP) is 2.47. The molecule has 8 nitrogen and oxygen atoms in total. The lowest BCUT2D eigenvalue weighted by Gasteiger charge is -2.47. The third-order valence-electron chi connectivity index (χ3n) is 6.04. The summed E-state index contributed by atoms with van der Waals surface area (Å²) in [6.07, 6.45) is 1.47. The first-order valence-electron chi connectivity index (χ1n) is 9.92. The van der Waals surface area contributed by atoms with Crippen LogP contribution in [-0.4, -0.2) is 43.1 Å². The number of benzene rings is 1. The van der Waals surface area contributed by atoms with Crippen LogP contribution in [0.4, 0.5) is 11.4 Å². The van der Waals surface area contributed by atoms with Crippen molar-refractivity contribution >= 4 is 11.4 Å². The molecule has 0 amide bonds. The molecule has 3 aromatic rings. The third-order valence-corrected chi connectivity index (χ3v) is 6.04. The van der Waals surface area contributed by atoms with Gasteiger partial charge < -0.3 is 15.3 Å². The van der Waals surface area contributed by atoms with Gasteiger partial charge in [-0.25, -0.2) is 15.0 Å². The quantitative estimate of drug-likeness (QED) is 0.708. The monoisotopic (exact) mass is 391 g/mol. The van der Waals surface area contributed by atoms with Crippen LogP contribution in [0.5, 0.6) is 0 Å². The van der Waals surface area contributed by atoms with Crippen molar-refractivity contribution in [2.24, 2.45) is 5.92 Å². The largest absolute Gasteiger partial charge is 0.384 e. The fourth-order valence-electron chi connectivity index (χ4n) is 4.62. The molecule has 2 N–H and O–H groups in total. The van der Waals surface area contributed by atoms with Crippen molar-refractivity contribution in [2.75, 3.05) is 17.3 Å². The highest BCUT2D eigenvalue weighted by molar-refractivity contribution is 5.75. The molecule has 1 aliphatic carbocycles. The fourth-order valence-corrected chi connectivity index (χ4v) is 4.62. The zero-order valence-corrected chi connectivity index (χ0v) is 17.1. The van der Waals surface area contributed by atoms with Crippen molar-refractivity contribution in [1.82, 2.24) is 24.7 Å². The van der Waals surface area contributed by atoms with E-state index in [1.54, 1.807) is 4.68 Å². The molecule has 1 aromatic carbocycles. The summed E-state index contributed by atoms with van der Waals surface area (Å²) in [5, 5.41) is 19.3. The van der Waals surface area contributed by atoms with Gasteiger partial charge in [-0.1, -0.05) is 12.1 Å². The average molecular weight is 391 g/mol. The molecule has 29 heavy (non-hydrogen) atoms. The van der Waals surface area contributed by atoms with E-state index in [1.165, 1.54) is 5.69 Å². The van der Waals surface area contributed by atoms with E-state index >= 15 is 0 Å². The summed E-state index contributed by atoms with van der Waals surface area (Å²) in [6, 6.07) is 10.1. The number of aryl methyl sites for hydroxylation is 3. The molecule has 0 radical (unpaired) electrons. The van der Waals surface area contributed by atoms with Crippen LogP contribution in [0.2, 0.25) is 0 Å². The van der Waals surface area contributed by atoms with E-state index < -0.39 is 5.60 Å². The Morgan fingerprint density at radius 1 is 1.07 bits per heavy atom. The van der Waals surface area contributed by atoms with E-state index in [9.17, 15) is 5.11 Å². The Morgan fingerprint density at radius 2 is 1.83 bits per heavy atom. The first kappa shape index (κ1) is 18.1. The molecule has 0 bridgehead atoms. The first-order chi connectivity index (χ1) is 13.8. The van der Waals surface area contributed by atoms with Crippen LogP contribution in [0, 0.1) is 26.7 Å². The lowest BCUT2D eigenvalue weighted by molar-refractivity contribution is -0.0878. The minimum Gasteiger partial charge on any atom is -0.384 e. The van der Waals surface area contributed by atoms with Gasteiger partial charge in [0.25, 0.3) is 0 Å². The van der Waals surface area contributed by atoms with E-state index in [4.69, 9.17) is 0 Å². The molecule has 1 fully saturated rings. The second kappa shape index (κ2) is 6.25. The van der Waals surface area contributed by atoms with Crippen molar-refractivity contribution in [1.29, 1.82) is 0 Å². The standard InChI is InChI=1S/C21H25N7O/c1-12-23-18(9-19(24-12)28-14(3)22-13(2)26-28)21(29)10-15(11-21)20-25-16-7-5-6-8-17(16)27(20)4/h5-9,15,20,25,29H,10-11H2,1-4H3. The minimum atomic E-state index is -0.950. The topological polar surface area (TPSA) is 92.0 Å². The number of aromatic nitrogens is 5. The Labute approximate surface area is 169 Å². The molecule has 0 spiro atoms. The molecule has 0 saturated heterocycles. The summed E-state index contributed by atoms with van der Waals surface area (Å²) in [5.74, 6) is 3.04. The Balaban J connectivity index is 1.39. The number of fused-ring (bicyclic) bond motifs is 1. The second-order valence-corrected chi connectivity index (χ2v) is 8.19. The Hall–Kier alpha value is -3.00. The highest BCUT2D eigenvalue weighted by atomic mass is 16.3. The van der Waals surface area contributed by atoms with Gasteiger partial charge in [0, 0.05) is 19.0 Å². The molecule has 2 aliphatic rings. The maximum Gasteiger partial charge on any atom is 0.159 e. The van der Waals surface area contributed by atoms with Gasteiger partial charge >= 0.3 is 0 Å². The van der Waals surface area contributed by atoms with Crippen molar-refractivity contribution in [3.05, 3.63) is 53.5 Å². The van der Waals surface area contributed by atoms with Crippen molar-refractivity contribution in [3.8, 4) is 5.82 Å². The zero-order valence-electron chi connectivity index (χ0n) is 17.1. The molecule has 150 valence electrons. The van der Waals surface area contributed by atoms with Gasteiger partial charge in [-0.15, -0.1) is 5.10 Å². The van der Waals surface area contributed by atoms with Crippen LogP contribution >= 0.6 is 0 Å². The van der Waals surface area contributed by atoms with Crippen LogP contribution in [0.3, 0.4) is 0 Å². The number of nitrogens with one attached hydrogen (secondary N) is 1.